The number of nitrogens with one attached hydrogen (secondary N) is 1. The fourth-order valence-corrected chi connectivity index (χ4v) is 3.81. The number of carbonyl (C=O) groups excluding carboxylic acids is 1. The largest absolute Gasteiger partial charge is 0.347 e. The van der Waals surface area contributed by atoms with Crippen molar-refractivity contribution in [3.05, 3.63) is 0 Å². The van der Waals surface area contributed by atoms with Gasteiger partial charge in [0.1, 0.15) is 0 Å². The van der Waals surface area contributed by atoms with Gasteiger partial charge in [0.2, 0.25) is 0 Å². The van der Waals surface area contributed by atoms with Crippen molar-refractivity contribution >= 4 is 11.6 Å². The summed E-state index contributed by atoms with van der Waals surface area (Å²) in [6.07, 6.45) is 0. The van der Waals surface area contributed by atoms with Crippen molar-refractivity contribution in [1.29, 1.82) is 5.41 Å². The average Bonchev–Trinajstić information content (AvgIpc) is 2.50. The number of Topliss-reactive ketones (excluding diaryl/α,β-unsaturated/α-hetero) is 1. The molecule has 1 saturated heterocycles. The molecule has 1 aliphatic heterocycles. The molecule has 0 aromatic heterocycles. The minimum absolute atomic E-state index is 0.0440. The molecule has 2 aliphatic rings. The molecule has 0 aromatic carbocycles. The van der Waals surface area contributed by atoms with Gasteiger partial charge < -0.3 is 4.90 Å². The Kier molecular flexibility index (Phi) is 2.01. The van der Waals surface area contributed by atoms with Gasteiger partial charge in [0.15, 0.2) is 5.78 Å². The van der Waals surface area contributed by atoms with E-state index in [1.54, 1.807) is 13.8 Å². The van der Waals surface area contributed by atoms with Gasteiger partial charge in [-0.2, -0.15) is 0 Å². The summed E-state index contributed by atoms with van der Waals surface area (Å²) in [5.74, 6) is 1.80. The van der Waals surface area contributed by atoms with Crippen molar-refractivity contribution in [3.63, 3.8) is 0 Å². The van der Waals surface area contributed by atoms with E-state index in [1.807, 2.05) is 4.90 Å². The van der Waals surface area contributed by atoms with Crippen molar-refractivity contribution < 1.29 is 4.79 Å². The summed E-state index contributed by atoms with van der Waals surface area (Å²) in [7, 11) is 0. The number of nitrogens with zero attached hydrogens (tertiary/aromatic N) is 1. The molecule has 1 aliphatic carbocycles. The Morgan fingerprint density at radius 3 is 2.20 bits per heavy atom. The van der Waals surface area contributed by atoms with E-state index in [2.05, 4.69) is 20.8 Å². The lowest BCUT2D eigenvalue weighted by atomic mass is 9.97. The Hall–Kier alpha value is -0.860. The fourth-order valence-electron chi connectivity index (χ4n) is 3.81. The molecule has 0 bridgehead atoms. The summed E-state index contributed by atoms with van der Waals surface area (Å²) in [6.45, 7) is 10.1. The SMILES string of the molecule is CC(=N)N1C(C)[C@H]2[C@@H]([C@H]1C(C)=O)C2(C)C. The lowest BCUT2D eigenvalue weighted by molar-refractivity contribution is -0.121. The smallest absolute Gasteiger partial charge is 0.152 e. The molecule has 1 saturated carbocycles. The zero-order chi connectivity index (χ0) is 11.5. The molecule has 0 aromatic rings. The third-order valence-electron chi connectivity index (χ3n) is 4.40. The van der Waals surface area contributed by atoms with Crippen molar-refractivity contribution in [3.8, 4) is 0 Å². The van der Waals surface area contributed by atoms with Crippen LogP contribution < -0.4 is 0 Å². The molecule has 1 N–H and O–H groups in total. The van der Waals surface area contributed by atoms with Crippen LogP contribution >= 0.6 is 0 Å². The average molecular weight is 208 g/mol. The second-order valence-corrected chi connectivity index (χ2v) is 5.66. The molecule has 0 radical (unpaired) electrons. The van der Waals surface area contributed by atoms with Gasteiger partial charge in [0.05, 0.1) is 11.9 Å². The minimum atomic E-state index is -0.0440. The maximum absolute atomic E-state index is 11.7. The second-order valence-electron chi connectivity index (χ2n) is 5.66. The second kappa shape index (κ2) is 2.83. The Labute approximate surface area is 91.3 Å². The van der Waals surface area contributed by atoms with Gasteiger partial charge in [-0.05, 0) is 38.0 Å². The monoisotopic (exact) mass is 208 g/mol. The molecule has 3 nitrogen and oxygen atoms in total. The van der Waals surface area contributed by atoms with Crippen LogP contribution in [-0.2, 0) is 4.79 Å². The maximum Gasteiger partial charge on any atom is 0.152 e. The first kappa shape index (κ1) is 10.7. The molecule has 4 atom stereocenters. The van der Waals surface area contributed by atoms with Crippen LogP contribution in [0, 0.1) is 22.7 Å². The molecule has 0 amide bonds. The van der Waals surface area contributed by atoms with E-state index >= 15 is 0 Å². The number of hydrogen-bond acceptors (Lipinski definition) is 2. The van der Waals surface area contributed by atoms with E-state index in [0.717, 1.165) is 0 Å². The van der Waals surface area contributed by atoms with E-state index in [1.165, 1.54) is 0 Å². The van der Waals surface area contributed by atoms with Gasteiger partial charge >= 0.3 is 0 Å². The molecule has 84 valence electrons. The lowest BCUT2D eigenvalue weighted by Crippen LogP contribution is -2.47. The molecule has 1 unspecified atom stereocenters. The van der Waals surface area contributed by atoms with Gasteiger partial charge in [-0.25, -0.2) is 0 Å². The van der Waals surface area contributed by atoms with E-state index in [9.17, 15) is 4.79 Å². The molecular formula is C12H20N2O. The number of carbonyl (C=O) groups is 1. The summed E-state index contributed by atoms with van der Waals surface area (Å²) >= 11 is 0. The first-order chi connectivity index (χ1) is 6.80. The number of hydrogen-bond donors (Lipinski definition) is 1. The van der Waals surface area contributed by atoms with Crippen LogP contribution in [0.4, 0.5) is 0 Å². The number of piperidine rings is 1. The van der Waals surface area contributed by atoms with Crippen LogP contribution in [-0.4, -0.2) is 28.6 Å². The number of rotatable bonds is 1. The van der Waals surface area contributed by atoms with Crippen LogP contribution in [0.1, 0.15) is 34.6 Å². The van der Waals surface area contributed by atoms with Crippen LogP contribution in [0.25, 0.3) is 0 Å². The summed E-state index contributed by atoms with van der Waals surface area (Å²) in [4.78, 5) is 13.7. The molecule has 3 heteroatoms. The highest BCUT2D eigenvalue weighted by Gasteiger charge is 2.70. The zero-order valence-electron chi connectivity index (χ0n) is 10.2. The highest BCUT2D eigenvalue weighted by Crippen LogP contribution is 2.67. The predicted molar refractivity (Wildman–Crippen MR) is 59.9 cm³/mol. The lowest BCUT2D eigenvalue weighted by Gasteiger charge is -2.34. The quantitative estimate of drug-likeness (QED) is 0.528. The molecular weight excluding hydrogens is 188 g/mol. The fraction of sp³-hybridized carbons (Fsp3) is 0.833. The number of ketones is 1. The zero-order valence-corrected chi connectivity index (χ0v) is 10.2. The van der Waals surface area contributed by atoms with Crippen LogP contribution in [0.5, 0.6) is 0 Å². The Morgan fingerprint density at radius 2 is 1.80 bits per heavy atom. The van der Waals surface area contributed by atoms with E-state index in [0.29, 0.717) is 29.1 Å². The van der Waals surface area contributed by atoms with Gasteiger partial charge in [0.25, 0.3) is 0 Å². The van der Waals surface area contributed by atoms with Gasteiger partial charge in [-0.3, -0.25) is 10.2 Å². The van der Waals surface area contributed by atoms with E-state index in [4.69, 9.17) is 5.41 Å². The topological polar surface area (TPSA) is 44.2 Å². The van der Waals surface area contributed by atoms with Crippen LogP contribution in [0.2, 0.25) is 0 Å². The molecule has 1 heterocycles. The Morgan fingerprint density at radius 1 is 1.27 bits per heavy atom. The third kappa shape index (κ3) is 1.18. The summed E-state index contributed by atoms with van der Waals surface area (Å²) in [6, 6.07) is 0.300. The van der Waals surface area contributed by atoms with Crippen molar-refractivity contribution in [2.75, 3.05) is 0 Å². The standard InChI is InChI=1S/C12H20N2O/c1-6-9-10(12(9,4)5)11(7(2)15)14(6)8(3)13/h6,9-11,13H,1-5H3/t6?,9-,10-,11+/m0/s1. The first-order valence-electron chi connectivity index (χ1n) is 5.64. The normalized spacial score (nSPS) is 41.3. The highest BCUT2D eigenvalue weighted by molar-refractivity contribution is 5.90. The number of amidine groups is 1. The van der Waals surface area contributed by atoms with Crippen molar-refractivity contribution in [1.82, 2.24) is 4.90 Å². The van der Waals surface area contributed by atoms with Gasteiger partial charge in [0, 0.05) is 6.04 Å². The van der Waals surface area contributed by atoms with Crippen LogP contribution in [0.3, 0.4) is 0 Å². The highest BCUT2D eigenvalue weighted by atomic mass is 16.1. The Bertz CT molecular complexity index is 335. The maximum atomic E-state index is 11.7. The predicted octanol–water partition coefficient (Wildman–Crippen LogP) is 1.92. The van der Waals surface area contributed by atoms with Crippen molar-refractivity contribution in [2.45, 2.75) is 46.7 Å². The molecule has 0 spiro atoms. The molecule has 15 heavy (non-hydrogen) atoms. The van der Waals surface area contributed by atoms with E-state index in [-0.39, 0.29) is 11.8 Å². The van der Waals surface area contributed by atoms with E-state index < -0.39 is 0 Å². The van der Waals surface area contributed by atoms with Crippen LogP contribution in [0.15, 0.2) is 0 Å². The summed E-state index contributed by atoms with van der Waals surface area (Å²) < 4.78 is 0. The molecule has 2 fully saturated rings. The minimum Gasteiger partial charge on any atom is -0.347 e. The summed E-state index contributed by atoms with van der Waals surface area (Å²) in [5.41, 5.74) is 0.293. The number of fused-ring (bicyclic) bond motifs is 1. The van der Waals surface area contributed by atoms with Gasteiger partial charge in [-0.1, -0.05) is 13.8 Å². The van der Waals surface area contributed by atoms with Gasteiger partial charge in [-0.15, -0.1) is 0 Å². The number of likely N-dealkylation sites (tertiary alicyclic amines) is 1. The third-order valence-corrected chi connectivity index (χ3v) is 4.40. The first-order valence-corrected chi connectivity index (χ1v) is 5.64. The Balaban J connectivity index is 2.32. The molecule has 2 rings (SSSR count). The summed E-state index contributed by atoms with van der Waals surface area (Å²) in [5, 5.41) is 7.76. The van der Waals surface area contributed by atoms with Crippen molar-refractivity contribution in [2.24, 2.45) is 17.3 Å².